The summed E-state index contributed by atoms with van der Waals surface area (Å²) in [6, 6.07) is 3.09. The largest absolute Gasteiger partial charge is 0.448 e. The fourth-order valence-corrected chi connectivity index (χ4v) is 1.98. The van der Waals surface area contributed by atoms with Crippen LogP contribution in [0.15, 0.2) is 18.2 Å². The summed E-state index contributed by atoms with van der Waals surface area (Å²) in [7, 11) is 0. The van der Waals surface area contributed by atoms with Crippen molar-refractivity contribution in [2.24, 2.45) is 0 Å². The molecule has 0 aromatic heterocycles. The number of ether oxygens (including phenoxy) is 1. The Bertz CT molecular complexity index is 448. The average molecular weight is 270 g/mol. The van der Waals surface area contributed by atoms with Crippen LogP contribution in [-0.2, 0) is 4.74 Å². The number of benzene rings is 1. The first-order valence-corrected chi connectivity index (χ1v) is 6.27. The van der Waals surface area contributed by atoms with Gasteiger partial charge in [-0.2, -0.15) is 0 Å². The van der Waals surface area contributed by atoms with Crippen LogP contribution in [-0.4, -0.2) is 25.3 Å². The Morgan fingerprint density at radius 1 is 1.42 bits per heavy atom. The quantitative estimate of drug-likeness (QED) is 0.887. The summed E-state index contributed by atoms with van der Waals surface area (Å²) >= 11 is 0. The standard InChI is InChI=1S/C13H16F2N2O2/c14-9-4-5-12(11(15)7-9)17-13(18)19-8-10-3-1-2-6-16-10/h4-5,7,10,16H,1-3,6,8H2,(H,17,18). The summed E-state index contributed by atoms with van der Waals surface area (Å²) in [6.07, 6.45) is 2.45. The summed E-state index contributed by atoms with van der Waals surface area (Å²) < 4.78 is 31.0. The van der Waals surface area contributed by atoms with Gasteiger partial charge < -0.3 is 10.1 Å². The van der Waals surface area contributed by atoms with E-state index in [0.29, 0.717) is 6.07 Å². The van der Waals surface area contributed by atoms with E-state index in [-0.39, 0.29) is 18.3 Å². The topological polar surface area (TPSA) is 50.4 Å². The number of carbonyl (C=O) groups excluding carboxylic acids is 1. The van der Waals surface area contributed by atoms with E-state index in [4.69, 9.17) is 4.74 Å². The number of amides is 1. The van der Waals surface area contributed by atoms with Crippen molar-refractivity contribution in [1.29, 1.82) is 0 Å². The molecule has 1 aliphatic rings. The molecule has 0 aliphatic carbocycles. The number of rotatable bonds is 3. The second-order valence-corrected chi connectivity index (χ2v) is 4.49. The van der Waals surface area contributed by atoms with Crippen molar-refractivity contribution < 1.29 is 18.3 Å². The zero-order valence-corrected chi connectivity index (χ0v) is 10.4. The number of hydrogen-bond donors (Lipinski definition) is 2. The SMILES string of the molecule is O=C(Nc1ccc(F)cc1F)OCC1CCCCN1. The van der Waals surface area contributed by atoms with Crippen LogP contribution in [0, 0.1) is 11.6 Å². The molecule has 0 spiro atoms. The maximum atomic E-state index is 13.3. The van der Waals surface area contributed by atoms with Crippen LogP contribution in [0.3, 0.4) is 0 Å². The van der Waals surface area contributed by atoms with Crippen molar-refractivity contribution >= 4 is 11.8 Å². The maximum Gasteiger partial charge on any atom is 0.411 e. The van der Waals surface area contributed by atoms with Gasteiger partial charge in [-0.3, -0.25) is 5.32 Å². The number of halogens is 2. The van der Waals surface area contributed by atoms with Gasteiger partial charge in [-0.05, 0) is 31.5 Å². The first-order chi connectivity index (χ1) is 9.15. The number of anilines is 1. The fourth-order valence-electron chi connectivity index (χ4n) is 1.98. The molecule has 1 saturated heterocycles. The minimum atomic E-state index is -0.826. The predicted molar refractivity (Wildman–Crippen MR) is 67.0 cm³/mol. The van der Waals surface area contributed by atoms with Gasteiger partial charge in [0, 0.05) is 12.1 Å². The molecule has 0 bridgehead atoms. The lowest BCUT2D eigenvalue weighted by Gasteiger charge is -2.22. The van der Waals surface area contributed by atoms with Gasteiger partial charge in [-0.1, -0.05) is 6.42 Å². The van der Waals surface area contributed by atoms with Gasteiger partial charge in [0.05, 0.1) is 5.69 Å². The van der Waals surface area contributed by atoms with E-state index in [0.717, 1.165) is 37.9 Å². The molecule has 0 radical (unpaired) electrons. The molecule has 1 aliphatic heterocycles. The van der Waals surface area contributed by atoms with Gasteiger partial charge in [0.2, 0.25) is 0 Å². The molecule has 1 unspecified atom stereocenters. The van der Waals surface area contributed by atoms with Crippen LogP contribution in [0.4, 0.5) is 19.3 Å². The Labute approximate surface area is 110 Å². The third kappa shape index (κ3) is 4.17. The molecule has 1 heterocycles. The van der Waals surface area contributed by atoms with E-state index in [1.54, 1.807) is 0 Å². The average Bonchev–Trinajstić information content (AvgIpc) is 2.41. The van der Waals surface area contributed by atoms with Crippen molar-refractivity contribution in [3.05, 3.63) is 29.8 Å². The van der Waals surface area contributed by atoms with E-state index < -0.39 is 17.7 Å². The molecular formula is C13H16F2N2O2. The monoisotopic (exact) mass is 270 g/mol. The molecule has 1 amide bonds. The van der Waals surface area contributed by atoms with Gasteiger partial charge in [0.15, 0.2) is 0 Å². The Morgan fingerprint density at radius 3 is 2.95 bits per heavy atom. The third-order valence-electron chi connectivity index (χ3n) is 3.00. The zero-order chi connectivity index (χ0) is 13.7. The fraction of sp³-hybridized carbons (Fsp3) is 0.462. The second-order valence-electron chi connectivity index (χ2n) is 4.49. The van der Waals surface area contributed by atoms with Crippen LogP contribution in [0.25, 0.3) is 0 Å². The summed E-state index contributed by atoms with van der Waals surface area (Å²) in [5.41, 5.74) is -0.0944. The van der Waals surface area contributed by atoms with Gasteiger partial charge >= 0.3 is 6.09 Å². The van der Waals surface area contributed by atoms with E-state index in [1.165, 1.54) is 0 Å². The van der Waals surface area contributed by atoms with Crippen LogP contribution >= 0.6 is 0 Å². The number of piperidine rings is 1. The van der Waals surface area contributed by atoms with Crippen molar-refractivity contribution in [3.63, 3.8) is 0 Å². The Balaban J connectivity index is 1.80. The first-order valence-electron chi connectivity index (χ1n) is 6.27. The summed E-state index contributed by atoms with van der Waals surface area (Å²) in [4.78, 5) is 11.5. The smallest absolute Gasteiger partial charge is 0.411 e. The lowest BCUT2D eigenvalue weighted by molar-refractivity contribution is 0.141. The molecule has 6 heteroatoms. The lowest BCUT2D eigenvalue weighted by Crippen LogP contribution is -2.38. The van der Waals surface area contributed by atoms with E-state index in [1.807, 2.05) is 0 Å². The molecule has 1 aromatic carbocycles. The highest BCUT2D eigenvalue weighted by molar-refractivity contribution is 5.84. The lowest BCUT2D eigenvalue weighted by atomic mass is 10.1. The Morgan fingerprint density at radius 2 is 2.26 bits per heavy atom. The van der Waals surface area contributed by atoms with Gasteiger partial charge in [0.1, 0.15) is 18.2 Å². The van der Waals surface area contributed by atoms with Crippen LogP contribution in [0.1, 0.15) is 19.3 Å². The van der Waals surface area contributed by atoms with Crippen LogP contribution in [0.2, 0.25) is 0 Å². The van der Waals surface area contributed by atoms with Crippen molar-refractivity contribution in [2.45, 2.75) is 25.3 Å². The van der Waals surface area contributed by atoms with Crippen molar-refractivity contribution in [2.75, 3.05) is 18.5 Å². The summed E-state index contributed by atoms with van der Waals surface area (Å²) in [5.74, 6) is -1.52. The molecule has 0 saturated carbocycles. The summed E-state index contributed by atoms with van der Waals surface area (Å²) in [5, 5.41) is 5.47. The van der Waals surface area contributed by atoms with E-state index >= 15 is 0 Å². The Kier molecular flexibility index (Phi) is 4.68. The highest BCUT2D eigenvalue weighted by Gasteiger charge is 2.15. The molecule has 2 rings (SSSR count). The number of hydrogen-bond acceptors (Lipinski definition) is 3. The van der Waals surface area contributed by atoms with Gasteiger partial charge in [0.25, 0.3) is 0 Å². The number of carbonyl (C=O) groups is 1. The van der Waals surface area contributed by atoms with Crippen molar-refractivity contribution in [3.8, 4) is 0 Å². The molecule has 2 N–H and O–H groups in total. The highest BCUT2D eigenvalue weighted by atomic mass is 19.1. The molecule has 4 nitrogen and oxygen atoms in total. The third-order valence-corrected chi connectivity index (χ3v) is 3.00. The van der Waals surface area contributed by atoms with E-state index in [2.05, 4.69) is 10.6 Å². The minimum Gasteiger partial charge on any atom is -0.448 e. The van der Waals surface area contributed by atoms with Crippen molar-refractivity contribution in [1.82, 2.24) is 5.32 Å². The molecule has 1 fully saturated rings. The highest BCUT2D eigenvalue weighted by Crippen LogP contribution is 2.15. The molecule has 104 valence electrons. The molecular weight excluding hydrogens is 254 g/mol. The van der Waals surface area contributed by atoms with E-state index in [9.17, 15) is 13.6 Å². The predicted octanol–water partition coefficient (Wildman–Crippen LogP) is 2.66. The molecule has 19 heavy (non-hydrogen) atoms. The Hall–Kier alpha value is -1.69. The zero-order valence-electron chi connectivity index (χ0n) is 10.4. The van der Waals surface area contributed by atoms with Crippen LogP contribution in [0.5, 0.6) is 0 Å². The van der Waals surface area contributed by atoms with Crippen LogP contribution < -0.4 is 10.6 Å². The molecule has 1 atom stereocenters. The molecule has 1 aromatic rings. The number of nitrogens with one attached hydrogen (secondary N) is 2. The van der Waals surface area contributed by atoms with Gasteiger partial charge in [-0.25, -0.2) is 13.6 Å². The first kappa shape index (κ1) is 13.7. The minimum absolute atomic E-state index is 0.0944. The maximum absolute atomic E-state index is 13.3. The summed E-state index contributed by atoms with van der Waals surface area (Å²) in [6.45, 7) is 1.16. The normalized spacial score (nSPS) is 18.9. The van der Waals surface area contributed by atoms with Gasteiger partial charge in [-0.15, -0.1) is 0 Å². The second kappa shape index (κ2) is 6.47.